The number of carbonyl (C=O) groups is 2. The molecule has 1 aliphatic rings. The second kappa shape index (κ2) is 14.0. The summed E-state index contributed by atoms with van der Waals surface area (Å²) in [4.78, 5) is 40.0. The Hall–Kier alpha value is -4.56. The van der Waals surface area contributed by atoms with Crippen molar-refractivity contribution < 1.29 is 50.5 Å². The predicted octanol–water partition coefficient (Wildman–Crippen LogP) is 5.40. The van der Waals surface area contributed by atoms with Gasteiger partial charge >= 0.3 is 12.5 Å². The van der Waals surface area contributed by atoms with Crippen molar-refractivity contribution in [2.45, 2.75) is 52.2 Å². The number of halogens is 5. The minimum Gasteiger partial charge on any atom is -0.492 e. The summed E-state index contributed by atoms with van der Waals surface area (Å²) in [7, 11) is 1.28. The highest BCUT2D eigenvalue weighted by Crippen LogP contribution is 2.39. The number of piperidine rings is 1. The molecular formula is C30H32F5N3O7. The number of hydrogen-bond acceptors (Lipinski definition) is 8. The van der Waals surface area contributed by atoms with E-state index in [1.807, 2.05) is 0 Å². The molecule has 1 N–H and O–H groups in total. The number of nitrogens with one attached hydrogen (secondary N) is 1. The molecule has 0 radical (unpaired) electrons. The second-order valence-corrected chi connectivity index (χ2v) is 10.2. The molecule has 1 amide bonds. The number of fused-ring (bicyclic) bond motifs is 1. The van der Waals surface area contributed by atoms with Gasteiger partial charge in [0.1, 0.15) is 29.8 Å². The number of ether oxygens (including phenoxy) is 4. The van der Waals surface area contributed by atoms with Crippen molar-refractivity contribution >= 4 is 28.7 Å². The van der Waals surface area contributed by atoms with Crippen LogP contribution in [0.15, 0.2) is 35.3 Å². The van der Waals surface area contributed by atoms with Crippen molar-refractivity contribution in [2.75, 3.05) is 38.4 Å². The SMILES string of the molecule is CCOC(=O)OC1CCN(c2c(F)cc3c(=O)c(C(=O)NCc4ccc(OC(F)(F)F)cc4C)cn(CCF)c3c2OC)CC1. The number of aromatic nitrogens is 1. The first kappa shape index (κ1) is 33.3. The number of carbonyl (C=O) groups excluding carboxylic acids is 2. The third-order valence-electron chi connectivity index (χ3n) is 7.29. The van der Waals surface area contributed by atoms with Gasteiger partial charge in [0, 0.05) is 38.7 Å². The van der Waals surface area contributed by atoms with E-state index in [0.717, 1.165) is 24.4 Å². The van der Waals surface area contributed by atoms with Crippen LogP contribution < -0.4 is 25.1 Å². The van der Waals surface area contributed by atoms with E-state index in [9.17, 15) is 31.9 Å². The Bertz CT molecular complexity index is 1620. The van der Waals surface area contributed by atoms with Crippen LogP contribution in [0.4, 0.5) is 32.4 Å². The minimum absolute atomic E-state index is 0.0240. The number of benzene rings is 2. The van der Waals surface area contributed by atoms with E-state index >= 15 is 4.39 Å². The number of aryl methyl sites for hydroxylation is 2. The van der Waals surface area contributed by atoms with Crippen molar-refractivity contribution in [1.29, 1.82) is 0 Å². The molecule has 15 heteroatoms. The summed E-state index contributed by atoms with van der Waals surface area (Å²) >= 11 is 0. The molecule has 4 rings (SSSR count). The average Bonchev–Trinajstić information content (AvgIpc) is 2.97. The second-order valence-electron chi connectivity index (χ2n) is 10.2. The third kappa shape index (κ3) is 7.75. The van der Waals surface area contributed by atoms with Gasteiger partial charge < -0.3 is 33.7 Å². The molecule has 0 atom stereocenters. The van der Waals surface area contributed by atoms with Crippen molar-refractivity contribution in [1.82, 2.24) is 9.88 Å². The van der Waals surface area contributed by atoms with Crippen LogP contribution in [0.2, 0.25) is 0 Å². The zero-order valence-corrected chi connectivity index (χ0v) is 24.8. The number of pyridine rings is 1. The smallest absolute Gasteiger partial charge is 0.492 e. The molecular weight excluding hydrogens is 609 g/mol. The zero-order valence-electron chi connectivity index (χ0n) is 24.8. The number of methoxy groups -OCH3 is 1. The van der Waals surface area contributed by atoms with Gasteiger partial charge in [-0.3, -0.25) is 9.59 Å². The summed E-state index contributed by atoms with van der Waals surface area (Å²) in [5.41, 5.74) is -0.241. The van der Waals surface area contributed by atoms with Crippen molar-refractivity contribution in [3.05, 3.63) is 63.2 Å². The molecule has 0 unspecified atom stereocenters. The van der Waals surface area contributed by atoms with Gasteiger partial charge in [-0.15, -0.1) is 13.2 Å². The van der Waals surface area contributed by atoms with Crippen LogP contribution in [0.1, 0.15) is 41.3 Å². The summed E-state index contributed by atoms with van der Waals surface area (Å²) in [6.45, 7) is 2.59. The molecule has 10 nitrogen and oxygen atoms in total. The van der Waals surface area contributed by atoms with Crippen molar-refractivity contribution in [3.8, 4) is 11.5 Å². The van der Waals surface area contributed by atoms with Gasteiger partial charge in [0.05, 0.1) is 31.2 Å². The van der Waals surface area contributed by atoms with Crippen molar-refractivity contribution in [3.63, 3.8) is 0 Å². The Kier molecular flexibility index (Phi) is 10.4. The van der Waals surface area contributed by atoms with Crippen molar-refractivity contribution in [2.24, 2.45) is 0 Å². The zero-order chi connectivity index (χ0) is 32.9. The van der Waals surface area contributed by atoms with E-state index in [2.05, 4.69) is 10.1 Å². The molecule has 0 bridgehead atoms. The van der Waals surface area contributed by atoms with Gasteiger partial charge in [-0.2, -0.15) is 0 Å². The normalized spacial score (nSPS) is 13.9. The minimum atomic E-state index is -4.86. The Labute approximate surface area is 254 Å². The monoisotopic (exact) mass is 641 g/mol. The van der Waals surface area contributed by atoms with Crippen LogP contribution in [-0.2, 0) is 22.6 Å². The lowest BCUT2D eigenvalue weighted by Gasteiger charge is -2.34. The Balaban J connectivity index is 1.62. The number of nitrogens with zero attached hydrogens (tertiary/aromatic N) is 2. The lowest BCUT2D eigenvalue weighted by Crippen LogP contribution is -2.38. The van der Waals surface area contributed by atoms with Crippen LogP contribution in [0.3, 0.4) is 0 Å². The van der Waals surface area contributed by atoms with E-state index in [4.69, 9.17) is 14.2 Å². The molecule has 1 saturated heterocycles. The standard InChI is InChI=1S/C30H32F5N3O7/c1-4-43-29(41)44-19-7-10-37(11-8-19)25-23(32)14-21-24(27(25)42-3)38(12-9-31)16-22(26(21)39)28(40)36-15-18-5-6-20(13-17(18)2)45-30(33,34)35/h5-6,13-14,16,19H,4,7-12,15H2,1-3H3,(H,36,40). The van der Waals surface area contributed by atoms with Gasteiger partial charge in [-0.25, -0.2) is 13.6 Å². The Morgan fingerprint density at radius 3 is 2.44 bits per heavy atom. The number of rotatable bonds is 10. The summed E-state index contributed by atoms with van der Waals surface area (Å²) in [5.74, 6) is -2.11. The molecule has 0 aliphatic carbocycles. The molecule has 244 valence electrons. The summed E-state index contributed by atoms with van der Waals surface area (Å²) in [6.07, 6.45) is -4.19. The van der Waals surface area contributed by atoms with Gasteiger partial charge in [0.25, 0.3) is 5.91 Å². The molecule has 1 aromatic heterocycles. The molecule has 0 spiro atoms. The lowest BCUT2D eigenvalue weighted by atomic mass is 10.0. The number of alkyl halides is 4. The molecule has 1 fully saturated rings. The summed E-state index contributed by atoms with van der Waals surface area (Å²) < 4.78 is 87.8. The molecule has 45 heavy (non-hydrogen) atoms. The number of amides is 1. The third-order valence-corrected chi connectivity index (χ3v) is 7.29. The van der Waals surface area contributed by atoms with Crippen LogP contribution in [0, 0.1) is 12.7 Å². The average molecular weight is 642 g/mol. The fourth-order valence-electron chi connectivity index (χ4n) is 5.23. The van der Waals surface area contributed by atoms with Crippen LogP contribution in [0.5, 0.6) is 11.5 Å². The van der Waals surface area contributed by atoms with E-state index in [0.29, 0.717) is 24.0 Å². The Morgan fingerprint density at radius 2 is 1.84 bits per heavy atom. The van der Waals surface area contributed by atoms with Gasteiger partial charge in [-0.05, 0) is 43.2 Å². The lowest BCUT2D eigenvalue weighted by molar-refractivity contribution is -0.274. The summed E-state index contributed by atoms with van der Waals surface area (Å²) in [6, 6.07) is 4.56. The van der Waals surface area contributed by atoms with Gasteiger partial charge in [-0.1, -0.05) is 6.07 Å². The first-order chi connectivity index (χ1) is 21.4. The van der Waals surface area contributed by atoms with Crippen LogP contribution >= 0.6 is 0 Å². The first-order valence-corrected chi connectivity index (χ1v) is 14.1. The maximum absolute atomic E-state index is 15.7. The van der Waals surface area contributed by atoms with Crippen LogP contribution in [0.25, 0.3) is 10.9 Å². The maximum Gasteiger partial charge on any atom is 0.573 e. The molecule has 0 saturated carbocycles. The van der Waals surface area contributed by atoms with E-state index in [1.165, 1.54) is 24.7 Å². The van der Waals surface area contributed by atoms with Crippen LogP contribution in [-0.4, -0.2) is 62.6 Å². The molecule has 2 aromatic carbocycles. The van der Waals surface area contributed by atoms with E-state index in [1.54, 1.807) is 11.8 Å². The molecule has 1 aliphatic heterocycles. The maximum atomic E-state index is 15.7. The molecule has 3 aromatic rings. The van der Waals surface area contributed by atoms with Gasteiger partial charge in [0.2, 0.25) is 5.43 Å². The number of hydrogen-bond donors (Lipinski definition) is 1. The number of anilines is 1. The quantitative estimate of drug-likeness (QED) is 0.232. The fourth-order valence-corrected chi connectivity index (χ4v) is 5.23. The topological polar surface area (TPSA) is 108 Å². The highest BCUT2D eigenvalue weighted by Gasteiger charge is 2.32. The highest BCUT2D eigenvalue weighted by atomic mass is 19.4. The van der Waals surface area contributed by atoms with E-state index in [-0.39, 0.29) is 55.1 Å². The largest absolute Gasteiger partial charge is 0.573 e. The predicted molar refractivity (Wildman–Crippen MR) is 153 cm³/mol. The fraction of sp³-hybridized carbons (Fsp3) is 0.433. The first-order valence-electron chi connectivity index (χ1n) is 14.1. The molecule has 2 heterocycles. The van der Waals surface area contributed by atoms with Gasteiger partial charge in [0.15, 0.2) is 11.6 Å². The highest BCUT2D eigenvalue weighted by molar-refractivity contribution is 5.99. The van der Waals surface area contributed by atoms with E-state index < -0.39 is 53.8 Å². The summed E-state index contributed by atoms with van der Waals surface area (Å²) in [5, 5.41) is 2.33. The Morgan fingerprint density at radius 1 is 1.13 bits per heavy atom.